The largest absolute Gasteiger partial charge is 0.465 e. The summed E-state index contributed by atoms with van der Waals surface area (Å²) in [6, 6.07) is 7.63. The van der Waals surface area contributed by atoms with E-state index in [4.69, 9.17) is 4.74 Å². The minimum Gasteiger partial charge on any atom is -0.465 e. The van der Waals surface area contributed by atoms with Crippen LogP contribution in [0.1, 0.15) is 12.5 Å². The van der Waals surface area contributed by atoms with Crippen molar-refractivity contribution in [2.45, 2.75) is 20.4 Å². The molecule has 0 aliphatic heterocycles. The Morgan fingerprint density at radius 2 is 1.81 bits per heavy atom. The van der Waals surface area contributed by atoms with Crippen LogP contribution in [0.25, 0.3) is 22.2 Å². The van der Waals surface area contributed by atoms with Gasteiger partial charge in [-0.3, -0.25) is 18.7 Å². The molecule has 0 atom stereocenters. The highest BCUT2D eigenvalue weighted by Crippen LogP contribution is 2.30. The van der Waals surface area contributed by atoms with Gasteiger partial charge in [0.2, 0.25) is 0 Å². The predicted molar refractivity (Wildman–Crippen MR) is 99.2 cm³/mol. The molecule has 1 aromatic carbocycles. The minimum absolute atomic E-state index is 0.0382. The lowest BCUT2D eigenvalue weighted by atomic mass is 10.0. The third kappa shape index (κ3) is 2.75. The van der Waals surface area contributed by atoms with Crippen LogP contribution >= 0.6 is 0 Å². The summed E-state index contributed by atoms with van der Waals surface area (Å²) in [6.07, 6.45) is 1.66. The molecule has 0 bridgehead atoms. The molecule has 0 N–H and O–H groups in total. The first-order chi connectivity index (χ1) is 12.4. The third-order valence-corrected chi connectivity index (χ3v) is 4.52. The van der Waals surface area contributed by atoms with Gasteiger partial charge >= 0.3 is 11.7 Å². The number of esters is 1. The van der Waals surface area contributed by atoms with E-state index in [1.165, 1.54) is 11.6 Å². The van der Waals surface area contributed by atoms with Gasteiger partial charge < -0.3 is 9.30 Å². The second kappa shape index (κ2) is 6.67. The molecule has 0 fully saturated rings. The van der Waals surface area contributed by atoms with Crippen molar-refractivity contribution in [2.24, 2.45) is 14.1 Å². The average Bonchev–Trinajstić information content (AvgIpc) is 2.97. The Balaban J connectivity index is 2.42. The molecule has 0 aliphatic carbocycles. The zero-order valence-electron chi connectivity index (χ0n) is 15.3. The van der Waals surface area contributed by atoms with Gasteiger partial charge in [0.25, 0.3) is 5.56 Å². The first-order valence-corrected chi connectivity index (χ1v) is 8.37. The smallest absolute Gasteiger partial charge is 0.330 e. The molecule has 136 valence electrons. The summed E-state index contributed by atoms with van der Waals surface area (Å²) < 4.78 is 9.24. The Bertz CT molecular complexity index is 1120. The molecular weight excluding hydrogens is 334 g/mol. The van der Waals surface area contributed by atoms with E-state index in [-0.39, 0.29) is 18.7 Å². The Labute approximate surface area is 150 Å². The van der Waals surface area contributed by atoms with Crippen molar-refractivity contribution in [1.29, 1.82) is 0 Å². The number of aryl methyl sites for hydroxylation is 2. The van der Waals surface area contributed by atoms with Gasteiger partial charge in [-0.2, -0.15) is 0 Å². The molecule has 0 saturated carbocycles. The lowest BCUT2D eigenvalue weighted by Crippen LogP contribution is -2.36. The fraction of sp³-hybridized carbons (Fsp3) is 0.316. The van der Waals surface area contributed by atoms with Gasteiger partial charge in [0.15, 0.2) is 0 Å². The molecule has 7 heteroatoms. The second-order valence-corrected chi connectivity index (χ2v) is 6.19. The maximum absolute atomic E-state index is 12.9. The fourth-order valence-corrected chi connectivity index (χ4v) is 3.19. The number of carbonyl (C=O) groups excluding carboxylic acids is 1. The van der Waals surface area contributed by atoms with E-state index in [1.54, 1.807) is 24.7 Å². The van der Waals surface area contributed by atoms with Crippen molar-refractivity contribution in [1.82, 2.24) is 13.7 Å². The van der Waals surface area contributed by atoms with Crippen molar-refractivity contribution in [3.63, 3.8) is 0 Å². The Hall–Kier alpha value is -3.09. The van der Waals surface area contributed by atoms with E-state index in [1.807, 2.05) is 31.2 Å². The van der Waals surface area contributed by atoms with Crippen molar-refractivity contribution in [3.8, 4) is 11.3 Å². The normalized spacial score (nSPS) is 11.1. The molecule has 0 amide bonds. The molecule has 3 rings (SSSR count). The molecular formula is C19H21N3O4. The number of rotatable bonds is 4. The summed E-state index contributed by atoms with van der Waals surface area (Å²) in [4.78, 5) is 37.2. The first kappa shape index (κ1) is 17.7. The number of benzene rings is 1. The van der Waals surface area contributed by atoms with Gasteiger partial charge in [0.05, 0.1) is 23.2 Å². The van der Waals surface area contributed by atoms with Crippen LogP contribution in [0.2, 0.25) is 0 Å². The van der Waals surface area contributed by atoms with Gasteiger partial charge in [-0.05, 0) is 19.4 Å². The Morgan fingerprint density at radius 1 is 1.12 bits per heavy atom. The monoisotopic (exact) mass is 355 g/mol. The summed E-state index contributed by atoms with van der Waals surface area (Å²) in [5.41, 5.74) is 2.11. The Kier molecular flexibility index (Phi) is 4.54. The number of hydrogen-bond acceptors (Lipinski definition) is 4. The highest BCUT2D eigenvalue weighted by molar-refractivity contribution is 5.95. The molecule has 26 heavy (non-hydrogen) atoms. The van der Waals surface area contributed by atoms with Gasteiger partial charge in [0.1, 0.15) is 6.54 Å². The van der Waals surface area contributed by atoms with Crippen molar-refractivity contribution in [3.05, 3.63) is 56.9 Å². The second-order valence-electron chi connectivity index (χ2n) is 6.19. The van der Waals surface area contributed by atoms with E-state index >= 15 is 0 Å². The Morgan fingerprint density at radius 3 is 2.46 bits per heavy atom. The lowest BCUT2D eigenvalue weighted by Gasteiger charge is -2.11. The number of fused-ring (bicyclic) bond motifs is 1. The average molecular weight is 355 g/mol. The van der Waals surface area contributed by atoms with Crippen LogP contribution in [0.5, 0.6) is 0 Å². The van der Waals surface area contributed by atoms with Crippen LogP contribution in [0.3, 0.4) is 0 Å². The summed E-state index contributed by atoms with van der Waals surface area (Å²) in [5, 5.41) is 0.410. The molecule has 0 aliphatic rings. The van der Waals surface area contributed by atoms with Crippen molar-refractivity contribution >= 4 is 16.9 Å². The predicted octanol–water partition coefficient (Wildman–Crippen LogP) is 1.58. The SMILES string of the molecule is CCOC(=O)Cn1cc2c(c1-c1ccccc1C)c(=O)n(C)c(=O)n2C. The van der Waals surface area contributed by atoms with Gasteiger partial charge in [-0.15, -0.1) is 0 Å². The van der Waals surface area contributed by atoms with E-state index in [0.29, 0.717) is 16.6 Å². The molecule has 0 unspecified atom stereocenters. The van der Waals surface area contributed by atoms with Gasteiger partial charge in [-0.25, -0.2) is 4.79 Å². The minimum atomic E-state index is -0.410. The quantitative estimate of drug-likeness (QED) is 0.666. The molecule has 2 aromatic heterocycles. The lowest BCUT2D eigenvalue weighted by molar-refractivity contribution is -0.143. The van der Waals surface area contributed by atoms with E-state index < -0.39 is 11.7 Å². The first-order valence-electron chi connectivity index (χ1n) is 8.37. The van der Waals surface area contributed by atoms with Crippen molar-refractivity contribution in [2.75, 3.05) is 6.61 Å². The molecule has 7 nitrogen and oxygen atoms in total. The molecule has 3 aromatic rings. The van der Waals surface area contributed by atoms with E-state index in [0.717, 1.165) is 15.7 Å². The van der Waals surface area contributed by atoms with Crippen LogP contribution < -0.4 is 11.2 Å². The van der Waals surface area contributed by atoms with Crippen LogP contribution in [-0.4, -0.2) is 26.3 Å². The van der Waals surface area contributed by atoms with Gasteiger partial charge in [-0.1, -0.05) is 24.3 Å². The highest BCUT2D eigenvalue weighted by atomic mass is 16.5. The number of carbonyl (C=O) groups is 1. The summed E-state index contributed by atoms with van der Waals surface area (Å²) in [7, 11) is 3.06. The zero-order chi connectivity index (χ0) is 19.0. The van der Waals surface area contributed by atoms with E-state index in [9.17, 15) is 14.4 Å². The number of hydrogen-bond donors (Lipinski definition) is 0. The standard InChI is InChI=1S/C19H21N3O4/c1-5-26-15(23)11-22-10-14-16(18(24)21(4)19(25)20(14)3)17(22)13-9-7-6-8-12(13)2/h6-10H,5,11H2,1-4H3. The molecule has 0 saturated heterocycles. The number of aromatic nitrogens is 3. The maximum Gasteiger partial charge on any atom is 0.330 e. The number of ether oxygens (including phenoxy) is 1. The molecule has 0 radical (unpaired) electrons. The third-order valence-electron chi connectivity index (χ3n) is 4.52. The van der Waals surface area contributed by atoms with Crippen LogP contribution in [-0.2, 0) is 30.2 Å². The molecule has 2 heterocycles. The molecule has 0 spiro atoms. The van der Waals surface area contributed by atoms with Crippen LogP contribution in [0.15, 0.2) is 40.1 Å². The van der Waals surface area contributed by atoms with Crippen LogP contribution in [0, 0.1) is 6.92 Å². The summed E-state index contributed by atoms with van der Waals surface area (Å²) in [6.45, 7) is 3.92. The van der Waals surface area contributed by atoms with Gasteiger partial charge in [0, 0.05) is 25.9 Å². The van der Waals surface area contributed by atoms with Crippen LogP contribution in [0.4, 0.5) is 0 Å². The fourth-order valence-electron chi connectivity index (χ4n) is 3.19. The zero-order valence-corrected chi connectivity index (χ0v) is 15.3. The number of nitrogens with zero attached hydrogens (tertiary/aromatic N) is 3. The van der Waals surface area contributed by atoms with Crippen molar-refractivity contribution < 1.29 is 9.53 Å². The highest BCUT2D eigenvalue weighted by Gasteiger charge is 2.21. The van der Waals surface area contributed by atoms with E-state index in [2.05, 4.69) is 0 Å². The topological polar surface area (TPSA) is 75.2 Å². The summed E-state index contributed by atoms with van der Waals surface area (Å²) in [5.74, 6) is -0.399. The maximum atomic E-state index is 12.9. The summed E-state index contributed by atoms with van der Waals surface area (Å²) >= 11 is 0.